The Morgan fingerprint density at radius 3 is 3.00 bits per heavy atom. The van der Waals surface area contributed by atoms with Crippen LogP contribution in [-0.2, 0) is 4.74 Å². The lowest BCUT2D eigenvalue weighted by Gasteiger charge is -2.14. The van der Waals surface area contributed by atoms with E-state index in [-0.39, 0.29) is 18.0 Å². The van der Waals surface area contributed by atoms with Gasteiger partial charge < -0.3 is 21.3 Å². The first kappa shape index (κ1) is 12.9. The molecule has 1 fully saturated rings. The van der Waals surface area contributed by atoms with Crippen molar-refractivity contribution in [2.45, 2.75) is 11.7 Å². The number of hydrogen-bond donors (Lipinski definition) is 3. The molecule has 18 heavy (non-hydrogen) atoms. The van der Waals surface area contributed by atoms with Crippen molar-refractivity contribution in [3.05, 3.63) is 22.2 Å². The van der Waals surface area contributed by atoms with Crippen LogP contribution in [0.15, 0.2) is 11.0 Å². The van der Waals surface area contributed by atoms with E-state index >= 15 is 0 Å². The highest BCUT2D eigenvalue weighted by atomic mass is 32.2. The minimum atomic E-state index is -0.766. The molecule has 1 amide bonds. The first-order chi connectivity index (χ1) is 8.52. The molecule has 1 aromatic heterocycles. The van der Waals surface area contributed by atoms with Crippen molar-refractivity contribution in [3.8, 4) is 0 Å². The average molecular weight is 272 g/mol. The van der Waals surface area contributed by atoms with Crippen LogP contribution >= 0.6 is 11.8 Å². The Kier molecular flexibility index (Phi) is 3.55. The molecule has 1 aromatic rings. The van der Waals surface area contributed by atoms with Gasteiger partial charge >= 0.3 is 5.69 Å². The van der Waals surface area contributed by atoms with Crippen molar-refractivity contribution in [3.63, 3.8) is 0 Å². The van der Waals surface area contributed by atoms with Crippen LogP contribution in [0.3, 0.4) is 0 Å². The molecule has 2 atom stereocenters. The minimum absolute atomic E-state index is 0.0318. The third kappa shape index (κ3) is 2.33. The molecule has 0 saturated carbocycles. The number of carbonyl (C=O) groups is 1. The number of amides is 1. The molecule has 1 saturated heterocycles. The molecule has 0 aromatic carbocycles. The van der Waals surface area contributed by atoms with Crippen LogP contribution in [0.2, 0.25) is 0 Å². The molecule has 0 spiro atoms. The van der Waals surface area contributed by atoms with Crippen molar-refractivity contribution >= 4 is 23.5 Å². The van der Waals surface area contributed by atoms with Gasteiger partial charge in [-0.05, 0) is 0 Å². The van der Waals surface area contributed by atoms with Gasteiger partial charge in [0.05, 0.1) is 12.2 Å². The summed E-state index contributed by atoms with van der Waals surface area (Å²) in [5.41, 5.74) is 9.51. The minimum Gasteiger partial charge on any atom is -0.393 e. The molecule has 1 aliphatic heterocycles. The van der Waals surface area contributed by atoms with Gasteiger partial charge in [-0.2, -0.15) is 4.98 Å². The van der Waals surface area contributed by atoms with Crippen LogP contribution in [0.1, 0.15) is 16.6 Å². The lowest BCUT2D eigenvalue weighted by atomic mass is 10.3. The molecule has 0 bridgehead atoms. The highest BCUT2D eigenvalue weighted by molar-refractivity contribution is 8.00. The van der Waals surface area contributed by atoms with Crippen LogP contribution in [0.5, 0.6) is 0 Å². The van der Waals surface area contributed by atoms with Gasteiger partial charge in [0.2, 0.25) is 0 Å². The Balaban J connectivity index is 2.36. The second-order valence-corrected chi connectivity index (χ2v) is 4.82. The number of hydrogen-bond acceptors (Lipinski definition) is 7. The van der Waals surface area contributed by atoms with Gasteiger partial charge in [-0.1, -0.05) is 0 Å². The molecular weight excluding hydrogens is 260 g/mol. The van der Waals surface area contributed by atoms with E-state index in [1.54, 1.807) is 0 Å². The van der Waals surface area contributed by atoms with E-state index in [1.165, 1.54) is 18.0 Å². The number of rotatable bonds is 3. The van der Waals surface area contributed by atoms with Crippen molar-refractivity contribution < 1.29 is 14.6 Å². The molecular formula is C9H12N4O4S. The van der Waals surface area contributed by atoms with Crippen LogP contribution in [0.4, 0.5) is 5.82 Å². The van der Waals surface area contributed by atoms with E-state index in [0.29, 0.717) is 5.75 Å². The second kappa shape index (κ2) is 4.96. The maximum absolute atomic E-state index is 11.7. The number of ether oxygens (including phenoxy) is 1. The van der Waals surface area contributed by atoms with E-state index in [0.717, 1.165) is 4.57 Å². The van der Waals surface area contributed by atoms with Gasteiger partial charge in [0.1, 0.15) is 17.5 Å². The summed E-state index contributed by atoms with van der Waals surface area (Å²) in [7, 11) is 0. The quantitative estimate of drug-likeness (QED) is 0.610. The molecule has 2 rings (SSSR count). The second-order valence-electron chi connectivity index (χ2n) is 3.63. The normalized spacial score (nSPS) is 23.2. The zero-order valence-electron chi connectivity index (χ0n) is 9.28. The molecule has 5 N–H and O–H groups in total. The molecule has 2 heterocycles. The maximum atomic E-state index is 11.7. The number of thioether (sulfide) groups is 1. The number of primary amides is 1. The van der Waals surface area contributed by atoms with Crippen molar-refractivity contribution in [1.29, 1.82) is 0 Å². The lowest BCUT2D eigenvalue weighted by molar-refractivity contribution is -0.00637. The molecule has 0 aliphatic carbocycles. The number of aromatic nitrogens is 2. The third-order valence-electron chi connectivity index (χ3n) is 2.44. The summed E-state index contributed by atoms with van der Waals surface area (Å²) in [5, 5.41) is 8.94. The van der Waals surface area contributed by atoms with Crippen molar-refractivity contribution in [2.75, 3.05) is 18.1 Å². The topological polar surface area (TPSA) is 133 Å². The molecule has 0 unspecified atom stereocenters. The Hall–Kier alpha value is -1.58. The lowest BCUT2D eigenvalue weighted by Crippen LogP contribution is -2.31. The predicted octanol–water partition coefficient (Wildman–Crippen LogP) is -1.50. The Morgan fingerprint density at radius 1 is 1.72 bits per heavy atom. The first-order valence-electron chi connectivity index (χ1n) is 5.09. The summed E-state index contributed by atoms with van der Waals surface area (Å²) in [6.07, 6.45) is 0.642. The fraction of sp³-hybridized carbons (Fsp3) is 0.444. The highest BCUT2D eigenvalue weighted by Crippen LogP contribution is 2.30. The van der Waals surface area contributed by atoms with Gasteiger partial charge in [0, 0.05) is 11.9 Å². The van der Waals surface area contributed by atoms with E-state index in [1.807, 2.05) is 0 Å². The zero-order valence-corrected chi connectivity index (χ0v) is 10.1. The molecule has 0 radical (unpaired) electrons. The van der Waals surface area contributed by atoms with E-state index in [4.69, 9.17) is 21.3 Å². The Bertz CT molecular complexity index is 532. The number of carbonyl (C=O) groups excluding carboxylic acids is 1. The first-order valence-corrected chi connectivity index (χ1v) is 6.14. The highest BCUT2D eigenvalue weighted by Gasteiger charge is 2.28. The molecule has 98 valence electrons. The largest absolute Gasteiger partial charge is 0.393 e. The van der Waals surface area contributed by atoms with Gasteiger partial charge in [0.25, 0.3) is 5.91 Å². The third-order valence-corrected chi connectivity index (χ3v) is 3.55. The van der Waals surface area contributed by atoms with E-state index < -0.39 is 23.3 Å². The van der Waals surface area contributed by atoms with Gasteiger partial charge in [-0.3, -0.25) is 9.36 Å². The predicted molar refractivity (Wildman–Crippen MR) is 64.9 cm³/mol. The number of nitrogen functional groups attached to an aromatic ring is 1. The number of aliphatic hydroxyl groups is 1. The summed E-state index contributed by atoms with van der Waals surface area (Å²) in [6.45, 7) is -0.152. The Labute approximate surface area is 106 Å². The van der Waals surface area contributed by atoms with Crippen molar-refractivity contribution in [1.82, 2.24) is 9.55 Å². The molecule has 9 heteroatoms. The number of nitrogens with two attached hydrogens (primary N) is 2. The van der Waals surface area contributed by atoms with Crippen LogP contribution in [-0.4, -0.2) is 38.4 Å². The zero-order chi connectivity index (χ0) is 13.3. The van der Waals surface area contributed by atoms with Gasteiger partial charge in [-0.25, -0.2) is 4.79 Å². The van der Waals surface area contributed by atoms with Crippen molar-refractivity contribution in [2.24, 2.45) is 5.73 Å². The van der Waals surface area contributed by atoms with Crippen LogP contribution in [0.25, 0.3) is 0 Å². The van der Waals surface area contributed by atoms with Gasteiger partial charge in [-0.15, -0.1) is 11.8 Å². The maximum Gasteiger partial charge on any atom is 0.351 e. The van der Waals surface area contributed by atoms with Crippen LogP contribution in [0, 0.1) is 0 Å². The fourth-order valence-corrected chi connectivity index (χ4v) is 2.49. The van der Waals surface area contributed by atoms with E-state index in [9.17, 15) is 9.59 Å². The summed E-state index contributed by atoms with van der Waals surface area (Å²) in [4.78, 5) is 26.3. The number of anilines is 1. The average Bonchev–Trinajstić information content (AvgIpc) is 2.77. The SMILES string of the molecule is NC(=O)c1cn([C@H]2CS[C@H](CO)O2)c(=O)nc1N. The molecule has 1 aliphatic rings. The summed E-state index contributed by atoms with van der Waals surface area (Å²) in [5.74, 6) is -0.499. The number of aliphatic hydroxyl groups excluding tert-OH is 1. The Morgan fingerprint density at radius 2 is 2.44 bits per heavy atom. The van der Waals surface area contributed by atoms with E-state index in [2.05, 4.69) is 4.98 Å². The van der Waals surface area contributed by atoms with Crippen LogP contribution < -0.4 is 17.2 Å². The number of nitrogens with zero attached hydrogens (tertiary/aromatic N) is 2. The summed E-state index contributed by atoms with van der Waals surface area (Å²) >= 11 is 1.37. The van der Waals surface area contributed by atoms with Gasteiger partial charge in [0.15, 0.2) is 0 Å². The molecule has 8 nitrogen and oxygen atoms in total. The summed E-state index contributed by atoms with van der Waals surface area (Å²) in [6, 6.07) is 0. The smallest absolute Gasteiger partial charge is 0.351 e. The fourth-order valence-electron chi connectivity index (χ4n) is 1.56. The standard InChI is InChI=1S/C9H12N4O4S/c10-7-4(8(11)15)1-13(9(16)12-7)5-3-18-6(2-14)17-5/h1,5-6,14H,2-3H2,(H2,11,15)(H2,10,12,16)/t5-,6-/m1/s1. The monoisotopic (exact) mass is 272 g/mol. The summed E-state index contributed by atoms with van der Waals surface area (Å²) < 4.78 is 6.55.